The predicted octanol–water partition coefficient (Wildman–Crippen LogP) is 3.74. The van der Waals surface area contributed by atoms with E-state index in [0.717, 1.165) is 37.5 Å². The molecular formula is C23H33N3O. The maximum Gasteiger partial charge on any atom is 0.0500 e. The number of fused-ring (bicyclic) bond motifs is 2. The number of aromatic nitrogens is 1. The van der Waals surface area contributed by atoms with E-state index in [1.807, 2.05) is 6.20 Å². The van der Waals surface area contributed by atoms with E-state index in [1.165, 1.54) is 74.9 Å². The largest absolute Gasteiger partial charge is 0.381 e. The fourth-order valence-electron chi connectivity index (χ4n) is 5.37. The number of aromatic amines is 1. The van der Waals surface area contributed by atoms with Crippen LogP contribution in [0, 0.1) is 17.8 Å². The number of ether oxygens (including phenoxy) is 1. The van der Waals surface area contributed by atoms with Gasteiger partial charge in [-0.05, 0) is 79.3 Å². The lowest BCUT2D eigenvalue weighted by Gasteiger charge is -2.26. The minimum atomic E-state index is 0.836. The molecule has 3 aliphatic rings. The van der Waals surface area contributed by atoms with Gasteiger partial charge in [0.25, 0.3) is 0 Å². The highest BCUT2D eigenvalue weighted by molar-refractivity contribution is 5.79. The minimum Gasteiger partial charge on any atom is -0.381 e. The lowest BCUT2D eigenvalue weighted by atomic mass is 10.1. The van der Waals surface area contributed by atoms with Crippen molar-refractivity contribution in [3.8, 4) is 0 Å². The summed E-state index contributed by atoms with van der Waals surface area (Å²) in [6, 6.07) is 8.98. The van der Waals surface area contributed by atoms with Crippen LogP contribution < -0.4 is 0 Å². The number of hydrogen-bond acceptors (Lipinski definition) is 3. The monoisotopic (exact) mass is 367 g/mol. The molecule has 1 aromatic carbocycles. The standard InChI is InChI=1S/C23H33N3O/c1-2-9-25(10-3-1)11-4-12-27-17-22-20-15-26(16-21(20)22)14-18-5-6-23-19(13-18)7-8-24-23/h5-8,13,20-22,24H,1-4,9-12,14-17H2/t20-,21+,22?. The molecular weight excluding hydrogens is 334 g/mol. The summed E-state index contributed by atoms with van der Waals surface area (Å²) in [5.74, 6) is 2.62. The Balaban J connectivity index is 0.986. The highest BCUT2D eigenvalue weighted by atomic mass is 16.5. The van der Waals surface area contributed by atoms with Crippen LogP contribution in [0.2, 0.25) is 0 Å². The van der Waals surface area contributed by atoms with Gasteiger partial charge in [-0.15, -0.1) is 0 Å². The summed E-state index contributed by atoms with van der Waals surface area (Å²) in [7, 11) is 0. The number of piperidine rings is 2. The Hall–Kier alpha value is -1.36. The van der Waals surface area contributed by atoms with Crippen molar-refractivity contribution < 1.29 is 4.74 Å². The molecule has 0 bridgehead atoms. The number of rotatable bonds is 8. The molecule has 1 N–H and O–H groups in total. The summed E-state index contributed by atoms with van der Waals surface area (Å²) in [5, 5.41) is 1.33. The second-order valence-corrected chi connectivity index (χ2v) is 8.92. The number of likely N-dealkylation sites (tertiary alicyclic amines) is 2. The Kier molecular flexibility index (Phi) is 5.21. The van der Waals surface area contributed by atoms with Crippen molar-refractivity contribution in [3.63, 3.8) is 0 Å². The third-order valence-electron chi connectivity index (χ3n) is 6.99. The molecule has 0 amide bonds. The summed E-state index contributed by atoms with van der Waals surface area (Å²) in [5.41, 5.74) is 2.68. The van der Waals surface area contributed by atoms with E-state index < -0.39 is 0 Å². The topological polar surface area (TPSA) is 31.5 Å². The molecule has 0 radical (unpaired) electrons. The molecule has 1 aliphatic carbocycles. The normalized spacial score (nSPS) is 28.7. The number of nitrogens with zero attached hydrogens (tertiary/aromatic N) is 2. The fourth-order valence-corrected chi connectivity index (χ4v) is 5.37. The van der Waals surface area contributed by atoms with Crippen molar-refractivity contribution in [1.82, 2.24) is 14.8 Å². The zero-order valence-electron chi connectivity index (χ0n) is 16.4. The Morgan fingerprint density at radius 2 is 1.85 bits per heavy atom. The number of benzene rings is 1. The van der Waals surface area contributed by atoms with Gasteiger partial charge in [0, 0.05) is 44.5 Å². The third-order valence-corrected chi connectivity index (χ3v) is 6.99. The molecule has 5 rings (SSSR count). The summed E-state index contributed by atoms with van der Waals surface area (Å²) < 4.78 is 6.03. The maximum absolute atomic E-state index is 6.03. The Morgan fingerprint density at radius 1 is 1.00 bits per heavy atom. The average Bonchev–Trinajstić information content (AvgIpc) is 3.05. The van der Waals surface area contributed by atoms with E-state index in [0.29, 0.717) is 0 Å². The van der Waals surface area contributed by atoms with Crippen molar-refractivity contribution in [2.24, 2.45) is 17.8 Å². The zero-order chi connectivity index (χ0) is 18.1. The quantitative estimate of drug-likeness (QED) is 0.721. The van der Waals surface area contributed by atoms with Crippen molar-refractivity contribution in [1.29, 1.82) is 0 Å². The van der Waals surface area contributed by atoms with Gasteiger partial charge in [-0.25, -0.2) is 0 Å². The molecule has 1 aromatic heterocycles. The molecule has 146 valence electrons. The first-order valence-corrected chi connectivity index (χ1v) is 11.0. The van der Waals surface area contributed by atoms with E-state index in [-0.39, 0.29) is 0 Å². The highest BCUT2D eigenvalue weighted by Gasteiger charge is 2.55. The molecule has 2 aromatic rings. The molecule has 1 unspecified atom stereocenters. The zero-order valence-corrected chi connectivity index (χ0v) is 16.4. The van der Waals surface area contributed by atoms with Gasteiger partial charge in [-0.2, -0.15) is 0 Å². The predicted molar refractivity (Wildman–Crippen MR) is 110 cm³/mol. The maximum atomic E-state index is 6.03. The van der Waals surface area contributed by atoms with Crippen LogP contribution in [0.25, 0.3) is 10.9 Å². The van der Waals surface area contributed by atoms with Gasteiger partial charge in [-0.1, -0.05) is 12.5 Å². The first-order valence-electron chi connectivity index (χ1n) is 11.0. The molecule has 4 heteroatoms. The van der Waals surface area contributed by atoms with Gasteiger partial charge in [0.1, 0.15) is 0 Å². The Bertz CT molecular complexity index is 739. The van der Waals surface area contributed by atoms with E-state index in [1.54, 1.807) is 0 Å². The Morgan fingerprint density at radius 3 is 2.70 bits per heavy atom. The highest BCUT2D eigenvalue weighted by Crippen LogP contribution is 2.52. The molecule has 2 aliphatic heterocycles. The van der Waals surface area contributed by atoms with Crippen molar-refractivity contribution in [3.05, 3.63) is 36.0 Å². The van der Waals surface area contributed by atoms with Crippen molar-refractivity contribution in [2.75, 3.05) is 45.9 Å². The molecule has 0 spiro atoms. The van der Waals surface area contributed by atoms with Gasteiger partial charge in [-0.3, -0.25) is 4.90 Å². The van der Waals surface area contributed by atoms with E-state index >= 15 is 0 Å². The third kappa shape index (κ3) is 4.08. The first-order chi connectivity index (χ1) is 13.4. The van der Waals surface area contributed by atoms with Gasteiger partial charge in [0.15, 0.2) is 0 Å². The molecule has 1 saturated carbocycles. The van der Waals surface area contributed by atoms with Crippen LogP contribution in [0.4, 0.5) is 0 Å². The van der Waals surface area contributed by atoms with Gasteiger partial charge in [0.2, 0.25) is 0 Å². The molecule has 27 heavy (non-hydrogen) atoms. The molecule has 3 fully saturated rings. The first kappa shape index (κ1) is 17.7. The van der Waals surface area contributed by atoms with Crippen LogP contribution in [0.15, 0.2) is 30.5 Å². The van der Waals surface area contributed by atoms with Crippen LogP contribution in [-0.2, 0) is 11.3 Å². The second-order valence-electron chi connectivity index (χ2n) is 8.92. The van der Waals surface area contributed by atoms with Crippen LogP contribution in [0.5, 0.6) is 0 Å². The van der Waals surface area contributed by atoms with Crippen LogP contribution >= 0.6 is 0 Å². The van der Waals surface area contributed by atoms with Gasteiger partial charge < -0.3 is 14.6 Å². The lowest BCUT2D eigenvalue weighted by molar-refractivity contribution is 0.0967. The van der Waals surface area contributed by atoms with Crippen LogP contribution in [0.1, 0.15) is 31.2 Å². The van der Waals surface area contributed by atoms with Crippen molar-refractivity contribution >= 4 is 10.9 Å². The van der Waals surface area contributed by atoms with E-state index in [2.05, 4.69) is 39.0 Å². The van der Waals surface area contributed by atoms with Crippen molar-refractivity contribution in [2.45, 2.75) is 32.2 Å². The van der Waals surface area contributed by atoms with Gasteiger partial charge >= 0.3 is 0 Å². The molecule has 3 atom stereocenters. The molecule has 4 nitrogen and oxygen atoms in total. The van der Waals surface area contributed by atoms with Crippen LogP contribution in [0.3, 0.4) is 0 Å². The SMILES string of the molecule is c1cc2cc(CN3C[C@@H]4C(COCCCN5CCCCC5)[C@@H]4C3)ccc2[nH]1. The van der Waals surface area contributed by atoms with E-state index in [9.17, 15) is 0 Å². The van der Waals surface area contributed by atoms with Crippen LogP contribution in [-0.4, -0.2) is 60.7 Å². The van der Waals surface area contributed by atoms with E-state index in [4.69, 9.17) is 4.74 Å². The number of nitrogens with one attached hydrogen (secondary N) is 1. The minimum absolute atomic E-state index is 0.836. The lowest BCUT2D eigenvalue weighted by Crippen LogP contribution is -2.31. The number of H-pyrrole nitrogens is 1. The summed E-state index contributed by atoms with van der Waals surface area (Å²) in [6.45, 7) is 9.41. The molecule has 3 heterocycles. The summed E-state index contributed by atoms with van der Waals surface area (Å²) in [4.78, 5) is 8.52. The molecule has 2 saturated heterocycles. The average molecular weight is 368 g/mol. The second kappa shape index (κ2) is 7.94. The van der Waals surface area contributed by atoms with Gasteiger partial charge in [0.05, 0.1) is 6.61 Å². The summed E-state index contributed by atoms with van der Waals surface area (Å²) in [6.07, 6.45) is 7.44. The fraction of sp³-hybridized carbons (Fsp3) is 0.652. The smallest absolute Gasteiger partial charge is 0.0500 e. The Labute approximate surface area is 162 Å². The summed E-state index contributed by atoms with van der Waals surface area (Å²) >= 11 is 0. The number of hydrogen-bond donors (Lipinski definition) is 1.